The summed E-state index contributed by atoms with van der Waals surface area (Å²) in [6.45, 7) is 2.01. The molecule has 15 heavy (non-hydrogen) atoms. The second-order valence-electron chi connectivity index (χ2n) is 3.28. The van der Waals surface area contributed by atoms with Crippen molar-refractivity contribution in [1.29, 1.82) is 0 Å². The van der Waals surface area contributed by atoms with Crippen molar-refractivity contribution in [2.75, 3.05) is 5.32 Å². The lowest BCUT2D eigenvalue weighted by molar-refractivity contribution is 1.12. The molecule has 2 N–H and O–H groups in total. The van der Waals surface area contributed by atoms with Crippen LogP contribution in [0.15, 0.2) is 41.3 Å². The molecule has 2 rings (SSSR count). The molecule has 0 atom stereocenters. The third-order valence-electron chi connectivity index (χ3n) is 1.95. The predicted octanol–water partition coefficient (Wildman–Crippen LogP) is 1.82. The van der Waals surface area contributed by atoms with Gasteiger partial charge in [-0.25, -0.2) is 4.98 Å². The molecule has 0 saturated carbocycles. The van der Waals surface area contributed by atoms with E-state index in [-0.39, 0.29) is 5.56 Å². The number of rotatable bonds is 2. The Morgan fingerprint density at radius 3 is 2.93 bits per heavy atom. The largest absolute Gasteiger partial charge is 0.326 e. The summed E-state index contributed by atoms with van der Waals surface area (Å²) < 4.78 is 0. The van der Waals surface area contributed by atoms with Crippen molar-refractivity contribution in [2.24, 2.45) is 0 Å². The molecule has 0 radical (unpaired) electrons. The molecular weight excluding hydrogens is 190 g/mol. The number of nitrogens with one attached hydrogen (secondary N) is 2. The van der Waals surface area contributed by atoms with Crippen molar-refractivity contribution in [3.05, 3.63) is 52.4 Å². The number of anilines is 2. The van der Waals surface area contributed by atoms with Gasteiger partial charge in [0.2, 0.25) is 5.95 Å². The first-order valence-electron chi connectivity index (χ1n) is 4.63. The summed E-state index contributed by atoms with van der Waals surface area (Å²) in [5.41, 5.74) is 1.89. The summed E-state index contributed by atoms with van der Waals surface area (Å²) in [4.78, 5) is 17.6. The molecule has 2 aromatic rings. The van der Waals surface area contributed by atoms with Crippen molar-refractivity contribution < 1.29 is 0 Å². The number of benzene rings is 1. The van der Waals surface area contributed by atoms with E-state index in [9.17, 15) is 4.79 Å². The van der Waals surface area contributed by atoms with Gasteiger partial charge in [0.15, 0.2) is 0 Å². The minimum Gasteiger partial charge on any atom is -0.326 e. The zero-order valence-electron chi connectivity index (χ0n) is 8.32. The van der Waals surface area contributed by atoms with E-state index < -0.39 is 0 Å². The monoisotopic (exact) mass is 201 g/mol. The van der Waals surface area contributed by atoms with Crippen LogP contribution in [0.2, 0.25) is 0 Å². The van der Waals surface area contributed by atoms with Crippen molar-refractivity contribution >= 4 is 11.6 Å². The molecule has 0 fully saturated rings. The number of hydrogen-bond donors (Lipinski definition) is 2. The topological polar surface area (TPSA) is 57.8 Å². The van der Waals surface area contributed by atoms with Gasteiger partial charge in [0.1, 0.15) is 0 Å². The van der Waals surface area contributed by atoms with Crippen LogP contribution in [-0.2, 0) is 0 Å². The van der Waals surface area contributed by atoms with E-state index in [1.165, 1.54) is 12.3 Å². The Balaban J connectivity index is 2.26. The zero-order chi connectivity index (χ0) is 10.7. The van der Waals surface area contributed by atoms with Crippen molar-refractivity contribution in [1.82, 2.24) is 9.97 Å². The second-order valence-corrected chi connectivity index (χ2v) is 3.28. The number of aromatic amines is 1. The van der Waals surface area contributed by atoms with Gasteiger partial charge in [-0.15, -0.1) is 0 Å². The molecule has 0 aliphatic rings. The van der Waals surface area contributed by atoms with Crippen LogP contribution in [0.1, 0.15) is 5.56 Å². The molecule has 1 aromatic heterocycles. The number of H-pyrrole nitrogens is 1. The molecule has 0 saturated heterocycles. The molecule has 0 aliphatic carbocycles. The van der Waals surface area contributed by atoms with Crippen LogP contribution < -0.4 is 10.9 Å². The molecule has 4 nitrogen and oxygen atoms in total. The predicted molar refractivity (Wildman–Crippen MR) is 59.3 cm³/mol. The van der Waals surface area contributed by atoms with Crippen LogP contribution in [0.5, 0.6) is 0 Å². The lowest BCUT2D eigenvalue weighted by Gasteiger charge is -2.04. The zero-order valence-corrected chi connectivity index (χ0v) is 8.32. The fraction of sp³-hybridized carbons (Fsp3) is 0.0909. The number of hydrogen-bond acceptors (Lipinski definition) is 3. The van der Waals surface area contributed by atoms with Gasteiger partial charge in [-0.3, -0.25) is 9.78 Å². The van der Waals surface area contributed by atoms with E-state index in [1.54, 1.807) is 0 Å². The van der Waals surface area contributed by atoms with Crippen molar-refractivity contribution in [3.8, 4) is 0 Å². The number of nitrogens with zero attached hydrogens (tertiary/aromatic N) is 1. The third kappa shape index (κ3) is 2.43. The van der Waals surface area contributed by atoms with Gasteiger partial charge in [-0.2, -0.15) is 0 Å². The maximum Gasteiger partial charge on any atom is 0.252 e. The molecular formula is C11H11N3O. The summed E-state index contributed by atoms with van der Waals surface area (Å²) in [5, 5.41) is 3.02. The number of aryl methyl sites for hydroxylation is 1. The molecule has 1 heterocycles. The van der Waals surface area contributed by atoms with Gasteiger partial charge >= 0.3 is 0 Å². The van der Waals surface area contributed by atoms with Crippen molar-refractivity contribution in [3.63, 3.8) is 0 Å². The summed E-state index contributed by atoms with van der Waals surface area (Å²) in [5.74, 6) is 0.452. The fourth-order valence-corrected chi connectivity index (χ4v) is 1.29. The van der Waals surface area contributed by atoms with E-state index in [1.807, 2.05) is 31.2 Å². The van der Waals surface area contributed by atoms with Gasteiger partial charge in [-0.1, -0.05) is 12.1 Å². The molecule has 0 bridgehead atoms. The van der Waals surface area contributed by atoms with E-state index in [0.717, 1.165) is 11.3 Å². The average molecular weight is 201 g/mol. The molecule has 0 aliphatic heterocycles. The summed E-state index contributed by atoms with van der Waals surface area (Å²) >= 11 is 0. The normalized spacial score (nSPS) is 9.93. The van der Waals surface area contributed by atoms with Gasteiger partial charge in [0.05, 0.1) is 0 Å². The van der Waals surface area contributed by atoms with Gasteiger partial charge < -0.3 is 5.32 Å². The highest BCUT2D eigenvalue weighted by Crippen LogP contribution is 2.12. The first-order valence-corrected chi connectivity index (χ1v) is 4.63. The molecule has 76 valence electrons. The Morgan fingerprint density at radius 1 is 1.33 bits per heavy atom. The Hall–Kier alpha value is -2.10. The molecule has 0 unspecified atom stereocenters. The highest BCUT2D eigenvalue weighted by Gasteiger charge is 1.95. The Kier molecular flexibility index (Phi) is 2.49. The molecule has 4 heteroatoms. The second kappa shape index (κ2) is 3.96. The van der Waals surface area contributed by atoms with E-state index in [0.29, 0.717) is 5.95 Å². The maximum absolute atomic E-state index is 11.0. The quantitative estimate of drug-likeness (QED) is 0.779. The highest BCUT2D eigenvalue weighted by molar-refractivity contribution is 5.53. The van der Waals surface area contributed by atoms with Crippen LogP contribution in [0, 0.1) is 6.92 Å². The maximum atomic E-state index is 11.0. The SMILES string of the molecule is Cc1cccc(Nc2nccc(=O)[nH]2)c1. The van der Waals surface area contributed by atoms with Crippen LogP contribution in [0.25, 0.3) is 0 Å². The third-order valence-corrected chi connectivity index (χ3v) is 1.95. The summed E-state index contributed by atoms with van der Waals surface area (Å²) in [6.07, 6.45) is 1.47. The Bertz CT molecular complexity index is 519. The average Bonchev–Trinajstić information content (AvgIpc) is 2.17. The van der Waals surface area contributed by atoms with Crippen LogP contribution in [0.3, 0.4) is 0 Å². The van der Waals surface area contributed by atoms with E-state index >= 15 is 0 Å². The fourth-order valence-electron chi connectivity index (χ4n) is 1.29. The standard InChI is InChI=1S/C11H11N3O/c1-8-3-2-4-9(7-8)13-11-12-6-5-10(15)14-11/h2-7H,1H3,(H2,12,13,14,15). The lowest BCUT2D eigenvalue weighted by atomic mass is 10.2. The van der Waals surface area contributed by atoms with Crippen molar-refractivity contribution in [2.45, 2.75) is 6.92 Å². The summed E-state index contributed by atoms with van der Waals surface area (Å²) in [6, 6.07) is 9.22. The minimum atomic E-state index is -0.167. The Labute approximate surface area is 87.0 Å². The van der Waals surface area contributed by atoms with Gasteiger partial charge in [0, 0.05) is 18.0 Å². The Morgan fingerprint density at radius 2 is 2.20 bits per heavy atom. The molecule has 0 amide bonds. The lowest BCUT2D eigenvalue weighted by Crippen LogP contribution is -2.08. The first kappa shape index (κ1) is 9.45. The smallest absolute Gasteiger partial charge is 0.252 e. The summed E-state index contributed by atoms with van der Waals surface area (Å²) in [7, 11) is 0. The minimum absolute atomic E-state index is 0.167. The first-order chi connectivity index (χ1) is 7.24. The van der Waals surface area contributed by atoms with E-state index in [4.69, 9.17) is 0 Å². The van der Waals surface area contributed by atoms with Crippen LogP contribution in [0.4, 0.5) is 11.6 Å². The molecule has 1 aromatic carbocycles. The van der Waals surface area contributed by atoms with Gasteiger partial charge in [0.25, 0.3) is 5.56 Å². The molecule has 0 spiro atoms. The van der Waals surface area contributed by atoms with E-state index in [2.05, 4.69) is 15.3 Å². The number of aromatic nitrogens is 2. The van der Waals surface area contributed by atoms with Gasteiger partial charge in [-0.05, 0) is 24.6 Å². The highest BCUT2D eigenvalue weighted by atomic mass is 16.1. The van der Waals surface area contributed by atoms with Crippen LogP contribution in [-0.4, -0.2) is 9.97 Å². The van der Waals surface area contributed by atoms with Crippen LogP contribution >= 0.6 is 0 Å².